The highest BCUT2D eigenvalue weighted by atomic mass is 19.1. The quantitative estimate of drug-likeness (QED) is 0.765. The zero-order valence-electron chi connectivity index (χ0n) is 14.3. The van der Waals surface area contributed by atoms with Crippen LogP contribution in [0.2, 0.25) is 0 Å². The normalized spacial score (nSPS) is 26.6. The lowest BCUT2D eigenvalue weighted by atomic mass is 9.75. The number of piperidine rings is 1. The van der Waals surface area contributed by atoms with Gasteiger partial charge >= 0.3 is 0 Å². The highest BCUT2D eigenvalue weighted by molar-refractivity contribution is 5.02. The summed E-state index contributed by atoms with van der Waals surface area (Å²) in [6, 6.07) is 0. The minimum Gasteiger partial charge on any atom is -0.300 e. The van der Waals surface area contributed by atoms with Crippen molar-refractivity contribution in [3.05, 3.63) is 0 Å². The summed E-state index contributed by atoms with van der Waals surface area (Å²) in [6.07, 6.45) is 2.45. The van der Waals surface area contributed by atoms with Gasteiger partial charge in [-0.1, -0.05) is 20.8 Å². The molecule has 2 nitrogen and oxygen atoms in total. The lowest BCUT2D eigenvalue weighted by molar-refractivity contribution is -0.0978. The highest BCUT2D eigenvalue weighted by Crippen LogP contribution is 2.36. The molecule has 0 N–H and O–H groups in total. The molecule has 20 heavy (non-hydrogen) atoms. The lowest BCUT2D eigenvalue weighted by Gasteiger charge is -2.53. The van der Waals surface area contributed by atoms with E-state index < -0.39 is 5.67 Å². The number of halogens is 1. The Morgan fingerprint density at radius 1 is 1.00 bits per heavy atom. The molecule has 0 aromatic carbocycles. The van der Waals surface area contributed by atoms with Crippen LogP contribution in [0.25, 0.3) is 0 Å². The van der Waals surface area contributed by atoms with E-state index in [-0.39, 0.29) is 5.54 Å². The molecule has 0 radical (unpaired) electrons. The van der Waals surface area contributed by atoms with Gasteiger partial charge in [-0.25, -0.2) is 4.39 Å². The van der Waals surface area contributed by atoms with E-state index in [1.54, 1.807) is 0 Å². The zero-order chi connectivity index (χ0) is 15.2. The van der Waals surface area contributed by atoms with E-state index in [0.717, 1.165) is 19.0 Å². The molecule has 0 amide bonds. The molecule has 2 aliphatic rings. The molecule has 0 aliphatic carbocycles. The van der Waals surface area contributed by atoms with Gasteiger partial charge in [-0.15, -0.1) is 0 Å². The average molecular weight is 284 g/mol. The fourth-order valence-electron chi connectivity index (χ4n) is 3.57. The number of hydrogen-bond acceptors (Lipinski definition) is 2. The van der Waals surface area contributed by atoms with Crippen molar-refractivity contribution in [3.63, 3.8) is 0 Å². The second kappa shape index (κ2) is 5.24. The summed E-state index contributed by atoms with van der Waals surface area (Å²) >= 11 is 0. The van der Waals surface area contributed by atoms with E-state index in [2.05, 4.69) is 51.3 Å². The molecule has 0 saturated carbocycles. The predicted molar refractivity (Wildman–Crippen MR) is 83.8 cm³/mol. The van der Waals surface area contributed by atoms with Crippen molar-refractivity contribution in [2.24, 2.45) is 11.3 Å². The highest BCUT2D eigenvalue weighted by Gasteiger charge is 2.48. The minimum atomic E-state index is -0.970. The van der Waals surface area contributed by atoms with Crippen LogP contribution in [0.4, 0.5) is 4.39 Å². The SMILES string of the molecule is CC(C)(C)C1CCN(CC2(F)CN(C(C)(C)C)C2)CC1. The summed E-state index contributed by atoms with van der Waals surface area (Å²) in [5.41, 5.74) is -0.463. The molecule has 0 bridgehead atoms. The van der Waals surface area contributed by atoms with Gasteiger partial charge in [-0.3, -0.25) is 4.90 Å². The van der Waals surface area contributed by atoms with Crippen molar-refractivity contribution in [1.29, 1.82) is 0 Å². The minimum absolute atomic E-state index is 0.106. The molecule has 2 rings (SSSR count). The van der Waals surface area contributed by atoms with Crippen molar-refractivity contribution in [1.82, 2.24) is 9.80 Å². The monoisotopic (exact) mass is 284 g/mol. The van der Waals surface area contributed by atoms with Crippen LogP contribution in [0, 0.1) is 11.3 Å². The molecular formula is C17H33FN2. The molecule has 0 atom stereocenters. The Bertz CT molecular complexity index is 326. The Labute approximate surface area is 124 Å². The van der Waals surface area contributed by atoms with E-state index in [9.17, 15) is 4.39 Å². The fourth-order valence-corrected chi connectivity index (χ4v) is 3.57. The molecule has 2 heterocycles. The third-order valence-corrected chi connectivity index (χ3v) is 5.22. The van der Waals surface area contributed by atoms with Gasteiger partial charge in [0.2, 0.25) is 0 Å². The first-order chi connectivity index (χ1) is 9.00. The summed E-state index contributed by atoms with van der Waals surface area (Å²) in [5.74, 6) is 0.793. The molecule has 118 valence electrons. The Kier molecular flexibility index (Phi) is 4.25. The van der Waals surface area contributed by atoms with Crippen LogP contribution in [-0.2, 0) is 0 Å². The fraction of sp³-hybridized carbons (Fsp3) is 1.00. The van der Waals surface area contributed by atoms with Crippen molar-refractivity contribution >= 4 is 0 Å². The third-order valence-electron chi connectivity index (χ3n) is 5.22. The number of hydrogen-bond donors (Lipinski definition) is 0. The first-order valence-corrected chi connectivity index (χ1v) is 8.16. The van der Waals surface area contributed by atoms with Crippen LogP contribution in [-0.4, -0.2) is 53.7 Å². The van der Waals surface area contributed by atoms with Gasteiger partial charge in [0.25, 0.3) is 0 Å². The first-order valence-electron chi connectivity index (χ1n) is 8.16. The number of nitrogens with zero attached hydrogens (tertiary/aromatic N) is 2. The van der Waals surface area contributed by atoms with Crippen LogP contribution < -0.4 is 0 Å². The van der Waals surface area contributed by atoms with E-state index in [4.69, 9.17) is 0 Å². The van der Waals surface area contributed by atoms with Gasteiger partial charge in [-0.05, 0) is 58.0 Å². The van der Waals surface area contributed by atoms with E-state index in [1.165, 1.54) is 12.8 Å². The molecule has 0 spiro atoms. The third kappa shape index (κ3) is 3.73. The number of likely N-dealkylation sites (tertiary alicyclic amines) is 2. The molecule has 0 aromatic rings. The topological polar surface area (TPSA) is 6.48 Å². The second-order valence-corrected chi connectivity index (χ2v) is 9.09. The molecule has 2 aliphatic heterocycles. The summed E-state index contributed by atoms with van der Waals surface area (Å²) in [5, 5.41) is 0. The largest absolute Gasteiger partial charge is 0.300 e. The van der Waals surface area contributed by atoms with Crippen molar-refractivity contribution in [3.8, 4) is 0 Å². The van der Waals surface area contributed by atoms with Gasteiger partial charge in [0, 0.05) is 25.2 Å². The summed E-state index contributed by atoms with van der Waals surface area (Å²) in [6.45, 7) is 17.5. The first kappa shape index (κ1) is 16.2. The van der Waals surface area contributed by atoms with E-state index >= 15 is 0 Å². The van der Waals surface area contributed by atoms with E-state index in [0.29, 0.717) is 25.0 Å². The summed E-state index contributed by atoms with van der Waals surface area (Å²) < 4.78 is 14.7. The summed E-state index contributed by atoms with van der Waals surface area (Å²) in [7, 11) is 0. The van der Waals surface area contributed by atoms with Crippen molar-refractivity contribution in [2.45, 2.75) is 65.6 Å². The number of rotatable bonds is 2. The number of alkyl halides is 1. The predicted octanol–water partition coefficient (Wildman–Crippen LogP) is 3.57. The van der Waals surface area contributed by atoms with Crippen LogP contribution in [0.5, 0.6) is 0 Å². The molecule has 3 heteroatoms. The molecule has 0 unspecified atom stereocenters. The molecule has 0 aromatic heterocycles. The van der Waals surface area contributed by atoms with Crippen molar-refractivity contribution < 1.29 is 4.39 Å². The van der Waals surface area contributed by atoms with Gasteiger partial charge in [-0.2, -0.15) is 0 Å². The standard InChI is InChI=1S/C17H33FN2/c1-15(2,3)14-7-9-19(10-8-14)11-17(18)12-20(13-17)16(4,5)6/h14H,7-13H2,1-6H3. The molecular weight excluding hydrogens is 251 g/mol. The zero-order valence-corrected chi connectivity index (χ0v) is 14.3. The Morgan fingerprint density at radius 2 is 1.50 bits per heavy atom. The molecule has 2 saturated heterocycles. The van der Waals surface area contributed by atoms with E-state index in [1.807, 2.05) is 0 Å². The van der Waals surface area contributed by atoms with Crippen LogP contribution in [0.3, 0.4) is 0 Å². The van der Waals surface area contributed by atoms with Gasteiger partial charge in [0.05, 0.1) is 0 Å². The Balaban J connectivity index is 1.77. The van der Waals surface area contributed by atoms with Crippen LogP contribution >= 0.6 is 0 Å². The smallest absolute Gasteiger partial charge is 0.148 e. The lowest BCUT2D eigenvalue weighted by Crippen LogP contribution is -2.68. The summed E-state index contributed by atoms with van der Waals surface area (Å²) in [4.78, 5) is 4.59. The van der Waals surface area contributed by atoms with Gasteiger partial charge < -0.3 is 4.90 Å². The maximum Gasteiger partial charge on any atom is 0.148 e. The molecule has 2 fully saturated rings. The Hall–Kier alpha value is -0.150. The van der Waals surface area contributed by atoms with Gasteiger partial charge in [0.15, 0.2) is 0 Å². The average Bonchev–Trinajstić information content (AvgIpc) is 2.24. The van der Waals surface area contributed by atoms with Crippen molar-refractivity contribution in [2.75, 3.05) is 32.7 Å². The maximum absolute atomic E-state index is 14.7. The van der Waals surface area contributed by atoms with Crippen LogP contribution in [0.15, 0.2) is 0 Å². The Morgan fingerprint density at radius 3 is 1.90 bits per heavy atom. The maximum atomic E-state index is 14.7. The van der Waals surface area contributed by atoms with Gasteiger partial charge in [0.1, 0.15) is 5.67 Å². The second-order valence-electron chi connectivity index (χ2n) is 9.09. The van der Waals surface area contributed by atoms with Crippen LogP contribution in [0.1, 0.15) is 54.4 Å².